The summed E-state index contributed by atoms with van der Waals surface area (Å²) in [6.45, 7) is 0.133. The van der Waals surface area contributed by atoms with Crippen molar-refractivity contribution in [2.45, 2.75) is 6.54 Å². The molecule has 1 N–H and O–H groups in total. The fraction of sp³-hybridized carbons (Fsp3) is 0.0909. The van der Waals surface area contributed by atoms with Crippen molar-refractivity contribution in [1.82, 2.24) is 19.9 Å². The number of hydrogen-bond acceptors (Lipinski definition) is 5. The van der Waals surface area contributed by atoms with Gasteiger partial charge in [0.1, 0.15) is 17.1 Å². The number of amides is 1. The van der Waals surface area contributed by atoms with Crippen LogP contribution in [0.5, 0.6) is 5.75 Å². The van der Waals surface area contributed by atoms with E-state index in [0.717, 1.165) is 0 Å². The number of nitrogens with one attached hydrogen (secondary N) is 1. The summed E-state index contributed by atoms with van der Waals surface area (Å²) in [6, 6.07) is 15.9. The van der Waals surface area contributed by atoms with Crippen molar-refractivity contribution in [3.8, 4) is 11.4 Å². The van der Waals surface area contributed by atoms with Gasteiger partial charge in [-0.1, -0.05) is 12.1 Å². The lowest BCUT2D eigenvalue weighted by atomic mass is 10.2. The Balaban J connectivity index is 1.74. The van der Waals surface area contributed by atoms with E-state index in [4.69, 9.17) is 4.74 Å². The van der Waals surface area contributed by atoms with Gasteiger partial charge in [0.2, 0.25) is 0 Å². The first-order chi connectivity index (χ1) is 14.6. The lowest BCUT2D eigenvalue weighted by Gasteiger charge is -2.12. The molecule has 0 aliphatic rings. The summed E-state index contributed by atoms with van der Waals surface area (Å²) in [4.78, 5) is 34.4. The zero-order valence-corrected chi connectivity index (χ0v) is 16.0. The van der Waals surface area contributed by atoms with E-state index in [-0.39, 0.29) is 18.1 Å². The second kappa shape index (κ2) is 8.12. The number of nitrogens with zero attached hydrogens (tertiary/aromatic N) is 3. The molecule has 2 aromatic carbocycles. The van der Waals surface area contributed by atoms with Crippen molar-refractivity contribution in [3.63, 3.8) is 0 Å². The lowest BCUT2D eigenvalue weighted by molar-refractivity contribution is 0.0944. The molecular weight excluding hydrogens is 387 g/mol. The fourth-order valence-corrected chi connectivity index (χ4v) is 3.01. The van der Waals surface area contributed by atoms with Crippen molar-refractivity contribution >= 4 is 17.1 Å². The van der Waals surface area contributed by atoms with Crippen LogP contribution in [-0.2, 0) is 6.54 Å². The van der Waals surface area contributed by atoms with Gasteiger partial charge in [0, 0.05) is 12.7 Å². The van der Waals surface area contributed by atoms with Gasteiger partial charge in [-0.15, -0.1) is 0 Å². The molecule has 0 aliphatic carbocycles. The number of carbonyl (C=O) groups is 1. The molecule has 7 nitrogen and oxygen atoms in total. The second-order valence-electron chi connectivity index (χ2n) is 6.45. The first kappa shape index (κ1) is 19.3. The Morgan fingerprint density at radius 2 is 1.83 bits per heavy atom. The van der Waals surface area contributed by atoms with Crippen LogP contribution in [0.4, 0.5) is 4.39 Å². The number of benzene rings is 2. The molecule has 30 heavy (non-hydrogen) atoms. The maximum atomic E-state index is 13.2. The van der Waals surface area contributed by atoms with Crippen LogP contribution in [0.25, 0.3) is 16.9 Å². The Morgan fingerprint density at radius 1 is 1.10 bits per heavy atom. The predicted molar refractivity (Wildman–Crippen MR) is 109 cm³/mol. The summed E-state index contributed by atoms with van der Waals surface area (Å²) in [5.74, 6) is -0.358. The molecule has 150 valence electrons. The summed E-state index contributed by atoms with van der Waals surface area (Å²) < 4.78 is 19.6. The van der Waals surface area contributed by atoms with E-state index in [0.29, 0.717) is 28.2 Å². The zero-order chi connectivity index (χ0) is 21.1. The van der Waals surface area contributed by atoms with Gasteiger partial charge in [-0.05, 0) is 54.1 Å². The Kier molecular flexibility index (Phi) is 5.21. The zero-order valence-electron chi connectivity index (χ0n) is 16.0. The molecular formula is C22H17FN4O3. The summed E-state index contributed by atoms with van der Waals surface area (Å²) in [5.41, 5.74) is 1.11. The molecule has 0 aliphatic heterocycles. The van der Waals surface area contributed by atoms with Crippen LogP contribution < -0.4 is 15.6 Å². The highest BCUT2D eigenvalue weighted by atomic mass is 19.1. The third-order valence-corrected chi connectivity index (χ3v) is 4.53. The standard InChI is InChI=1S/C22H17FN4O3/c1-30-17-10-8-16(9-11-17)27-20-18(3-2-12-24-20)26-19(22(27)29)21(28)25-13-14-4-6-15(23)7-5-14/h2-12H,13H2,1H3,(H,25,28). The predicted octanol–water partition coefficient (Wildman–Crippen LogP) is 2.86. The van der Waals surface area contributed by atoms with Gasteiger partial charge in [0.25, 0.3) is 11.5 Å². The van der Waals surface area contributed by atoms with Crippen LogP contribution >= 0.6 is 0 Å². The largest absolute Gasteiger partial charge is 0.497 e. The number of aromatic nitrogens is 3. The molecule has 2 heterocycles. The van der Waals surface area contributed by atoms with Crippen LogP contribution in [0, 0.1) is 5.82 Å². The average molecular weight is 404 g/mol. The van der Waals surface area contributed by atoms with E-state index in [2.05, 4.69) is 15.3 Å². The van der Waals surface area contributed by atoms with Crippen molar-refractivity contribution in [3.05, 3.63) is 94.3 Å². The summed E-state index contributed by atoms with van der Waals surface area (Å²) in [7, 11) is 1.55. The minimum atomic E-state index is -0.627. The maximum Gasteiger partial charge on any atom is 0.288 e. The van der Waals surface area contributed by atoms with Crippen LogP contribution in [0.1, 0.15) is 16.1 Å². The molecule has 4 rings (SSSR count). The molecule has 0 spiro atoms. The number of ether oxygens (including phenoxy) is 1. The lowest BCUT2D eigenvalue weighted by Crippen LogP contribution is -2.34. The molecule has 0 atom stereocenters. The maximum absolute atomic E-state index is 13.2. The van der Waals surface area contributed by atoms with E-state index < -0.39 is 11.5 Å². The fourth-order valence-electron chi connectivity index (χ4n) is 3.01. The Labute approximate surface area is 170 Å². The number of rotatable bonds is 5. The number of methoxy groups -OCH3 is 1. The van der Waals surface area contributed by atoms with E-state index in [9.17, 15) is 14.0 Å². The highest BCUT2D eigenvalue weighted by molar-refractivity contribution is 5.93. The molecule has 4 aromatic rings. The van der Waals surface area contributed by atoms with Crippen molar-refractivity contribution in [1.29, 1.82) is 0 Å². The van der Waals surface area contributed by atoms with E-state index in [1.54, 1.807) is 61.8 Å². The van der Waals surface area contributed by atoms with Crippen LogP contribution in [0.15, 0.2) is 71.7 Å². The molecule has 0 fully saturated rings. The first-order valence-electron chi connectivity index (χ1n) is 9.11. The highest BCUT2D eigenvalue weighted by Crippen LogP contribution is 2.17. The minimum Gasteiger partial charge on any atom is -0.497 e. The quantitative estimate of drug-likeness (QED) is 0.553. The third kappa shape index (κ3) is 3.75. The van der Waals surface area contributed by atoms with Gasteiger partial charge in [0.15, 0.2) is 11.3 Å². The van der Waals surface area contributed by atoms with Gasteiger partial charge in [-0.3, -0.25) is 14.2 Å². The van der Waals surface area contributed by atoms with Gasteiger partial charge >= 0.3 is 0 Å². The Bertz CT molecular complexity index is 1270. The topological polar surface area (TPSA) is 86.1 Å². The summed E-state index contributed by atoms with van der Waals surface area (Å²) in [5, 5.41) is 2.66. The number of hydrogen-bond donors (Lipinski definition) is 1. The third-order valence-electron chi connectivity index (χ3n) is 4.53. The summed E-state index contributed by atoms with van der Waals surface area (Å²) >= 11 is 0. The number of fused-ring (bicyclic) bond motifs is 1. The number of halogens is 1. The molecule has 0 saturated carbocycles. The monoisotopic (exact) mass is 404 g/mol. The number of carbonyl (C=O) groups excluding carboxylic acids is 1. The van der Waals surface area contributed by atoms with Crippen molar-refractivity contribution in [2.75, 3.05) is 7.11 Å². The molecule has 0 saturated heterocycles. The number of pyridine rings is 1. The Morgan fingerprint density at radius 3 is 2.53 bits per heavy atom. The van der Waals surface area contributed by atoms with Gasteiger partial charge in [0.05, 0.1) is 12.8 Å². The molecule has 1 amide bonds. The first-order valence-corrected chi connectivity index (χ1v) is 9.11. The minimum absolute atomic E-state index is 0.133. The SMILES string of the molecule is COc1ccc(-n2c(=O)c(C(=O)NCc3ccc(F)cc3)nc3cccnc32)cc1. The van der Waals surface area contributed by atoms with Crippen LogP contribution in [-0.4, -0.2) is 27.6 Å². The highest BCUT2D eigenvalue weighted by Gasteiger charge is 2.19. The normalized spacial score (nSPS) is 10.7. The molecule has 2 aromatic heterocycles. The van der Waals surface area contributed by atoms with E-state index in [1.165, 1.54) is 16.7 Å². The smallest absolute Gasteiger partial charge is 0.288 e. The van der Waals surface area contributed by atoms with Crippen molar-refractivity contribution in [2.24, 2.45) is 0 Å². The molecule has 8 heteroatoms. The summed E-state index contributed by atoms with van der Waals surface area (Å²) in [6.07, 6.45) is 1.55. The average Bonchev–Trinajstić information content (AvgIpc) is 2.78. The van der Waals surface area contributed by atoms with Crippen molar-refractivity contribution < 1.29 is 13.9 Å². The van der Waals surface area contributed by atoms with Gasteiger partial charge < -0.3 is 10.1 Å². The molecule has 0 unspecified atom stereocenters. The molecule has 0 bridgehead atoms. The van der Waals surface area contributed by atoms with Gasteiger partial charge in [-0.2, -0.15) is 0 Å². The van der Waals surface area contributed by atoms with Crippen LogP contribution in [0.2, 0.25) is 0 Å². The Hall–Kier alpha value is -4.07. The second-order valence-corrected chi connectivity index (χ2v) is 6.45. The van der Waals surface area contributed by atoms with Crippen LogP contribution in [0.3, 0.4) is 0 Å². The van der Waals surface area contributed by atoms with E-state index >= 15 is 0 Å². The van der Waals surface area contributed by atoms with E-state index in [1.807, 2.05) is 0 Å². The molecule has 0 radical (unpaired) electrons. The van der Waals surface area contributed by atoms with Gasteiger partial charge in [-0.25, -0.2) is 14.4 Å².